The minimum absolute atomic E-state index is 0.129. The Hall–Kier alpha value is -2.14. The van der Waals surface area contributed by atoms with Gasteiger partial charge in [0.1, 0.15) is 0 Å². The Morgan fingerprint density at radius 1 is 1.40 bits per heavy atom. The molecule has 2 aromatic rings. The fourth-order valence-electron chi connectivity index (χ4n) is 2.72. The average Bonchev–Trinajstić information content (AvgIpc) is 2.87. The van der Waals surface area contributed by atoms with Crippen LogP contribution in [0.4, 0.5) is 5.69 Å². The van der Waals surface area contributed by atoms with Crippen molar-refractivity contribution in [1.29, 1.82) is 0 Å². The van der Waals surface area contributed by atoms with Gasteiger partial charge in [0.2, 0.25) is 0 Å². The van der Waals surface area contributed by atoms with Crippen LogP contribution in [0, 0.1) is 6.92 Å². The second kappa shape index (κ2) is 5.09. The first kappa shape index (κ1) is 12.9. The van der Waals surface area contributed by atoms with Gasteiger partial charge in [0.15, 0.2) is 0 Å². The predicted octanol–water partition coefficient (Wildman–Crippen LogP) is 1.74. The summed E-state index contributed by atoms with van der Waals surface area (Å²) in [5.74, 6) is 0. The lowest BCUT2D eigenvalue weighted by Gasteiger charge is -2.18. The molecule has 0 atom stereocenters. The summed E-state index contributed by atoms with van der Waals surface area (Å²) in [6.07, 6.45) is 1.72. The van der Waals surface area contributed by atoms with Gasteiger partial charge >= 0.3 is 0 Å². The third-order valence-electron chi connectivity index (χ3n) is 3.80. The Labute approximate surface area is 117 Å². The van der Waals surface area contributed by atoms with Gasteiger partial charge in [-0.25, -0.2) is 5.10 Å². The Bertz CT molecular complexity index is 694. The Morgan fingerprint density at radius 3 is 3.05 bits per heavy atom. The van der Waals surface area contributed by atoms with Crippen LogP contribution in [0.25, 0.3) is 0 Å². The van der Waals surface area contributed by atoms with Gasteiger partial charge in [0.25, 0.3) is 5.56 Å². The topological polar surface area (TPSA) is 58.2 Å². The van der Waals surface area contributed by atoms with Gasteiger partial charge in [-0.2, -0.15) is 5.10 Å². The molecule has 1 aromatic carbocycles. The number of fused-ring (bicyclic) bond motifs is 1. The van der Waals surface area contributed by atoms with E-state index in [9.17, 15) is 4.79 Å². The normalized spacial score (nSPS) is 13.6. The number of rotatable bonds is 3. The van der Waals surface area contributed by atoms with Crippen LogP contribution in [0.5, 0.6) is 0 Å². The van der Waals surface area contributed by atoms with Gasteiger partial charge in [-0.05, 0) is 23.6 Å². The molecule has 0 bridgehead atoms. The number of benzene rings is 1. The quantitative estimate of drug-likeness (QED) is 0.924. The van der Waals surface area contributed by atoms with E-state index in [0.717, 1.165) is 18.8 Å². The zero-order valence-corrected chi connectivity index (χ0v) is 11.6. The number of aromatic nitrogens is 2. The third-order valence-corrected chi connectivity index (χ3v) is 3.80. The van der Waals surface area contributed by atoms with Crippen molar-refractivity contribution in [3.8, 4) is 0 Å². The minimum atomic E-state index is -0.129. The molecule has 0 radical (unpaired) electrons. The summed E-state index contributed by atoms with van der Waals surface area (Å²) in [6.45, 7) is 4.04. The lowest BCUT2D eigenvalue weighted by Crippen LogP contribution is -2.21. The fourth-order valence-corrected chi connectivity index (χ4v) is 2.72. The van der Waals surface area contributed by atoms with Gasteiger partial charge in [-0.1, -0.05) is 18.2 Å². The molecule has 1 aliphatic heterocycles. The molecule has 0 amide bonds. The van der Waals surface area contributed by atoms with Gasteiger partial charge < -0.3 is 9.64 Å². The van der Waals surface area contributed by atoms with Gasteiger partial charge in [-0.15, -0.1) is 0 Å². The Morgan fingerprint density at radius 2 is 2.25 bits per heavy atom. The van der Waals surface area contributed by atoms with Crippen LogP contribution >= 0.6 is 0 Å². The molecular weight excluding hydrogens is 254 g/mol. The lowest BCUT2D eigenvalue weighted by molar-refractivity contribution is 0.184. The molecule has 3 rings (SSSR count). The molecule has 2 heterocycles. The second-order valence-electron chi connectivity index (χ2n) is 5.05. The molecule has 0 aliphatic carbocycles. The molecule has 0 saturated heterocycles. The summed E-state index contributed by atoms with van der Waals surface area (Å²) < 4.78 is 5.25. The summed E-state index contributed by atoms with van der Waals surface area (Å²) in [6, 6.07) is 6.28. The molecule has 1 N–H and O–H groups in total. The highest BCUT2D eigenvalue weighted by atomic mass is 16.5. The number of hydrogen-bond acceptors (Lipinski definition) is 4. The maximum atomic E-state index is 11.7. The number of hydrogen-bond donors (Lipinski definition) is 1. The van der Waals surface area contributed by atoms with E-state index in [1.165, 1.54) is 16.7 Å². The summed E-state index contributed by atoms with van der Waals surface area (Å²) in [7, 11) is 1.71. The molecule has 1 aliphatic rings. The molecule has 5 nitrogen and oxygen atoms in total. The first-order valence-corrected chi connectivity index (χ1v) is 6.58. The lowest BCUT2D eigenvalue weighted by atomic mass is 10.0. The van der Waals surface area contributed by atoms with Crippen LogP contribution in [0.1, 0.15) is 22.3 Å². The molecule has 5 heteroatoms. The third kappa shape index (κ3) is 2.10. The van der Waals surface area contributed by atoms with E-state index in [0.29, 0.717) is 12.2 Å². The zero-order chi connectivity index (χ0) is 14.1. The van der Waals surface area contributed by atoms with Crippen LogP contribution in [0.15, 0.2) is 29.2 Å². The van der Waals surface area contributed by atoms with E-state index < -0.39 is 0 Å². The Kier molecular flexibility index (Phi) is 3.28. The number of H-pyrrole nitrogens is 1. The van der Waals surface area contributed by atoms with E-state index >= 15 is 0 Å². The number of anilines is 1. The van der Waals surface area contributed by atoms with E-state index in [1.807, 2.05) is 6.92 Å². The van der Waals surface area contributed by atoms with Crippen LogP contribution in [0.3, 0.4) is 0 Å². The number of aromatic amines is 1. The van der Waals surface area contributed by atoms with Crippen molar-refractivity contribution in [2.24, 2.45) is 0 Å². The van der Waals surface area contributed by atoms with Crippen LogP contribution in [0.2, 0.25) is 0 Å². The van der Waals surface area contributed by atoms with Crippen molar-refractivity contribution in [1.82, 2.24) is 10.2 Å². The van der Waals surface area contributed by atoms with Crippen molar-refractivity contribution in [2.75, 3.05) is 12.0 Å². The van der Waals surface area contributed by atoms with Crippen LogP contribution in [-0.4, -0.2) is 17.3 Å². The SMILES string of the molecule is COCc1cccc2c1CN(c1cn[nH]c(=O)c1C)C2. The molecule has 0 unspecified atom stereocenters. The van der Waals surface area contributed by atoms with E-state index in [4.69, 9.17) is 4.74 Å². The highest BCUT2D eigenvalue weighted by Crippen LogP contribution is 2.30. The van der Waals surface area contributed by atoms with Gasteiger partial charge in [0, 0.05) is 25.8 Å². The largest absolute Gasteiger partial charge is 0.380 e. The maximum absolute atomic E-state index is 11.7. The molecule has 20 heavy (non-hydrogen) atoms. The van der Waals surface area contributed by atoms with E-state index in [2.05, 4.69) is 33.3 Å². The first-order valence-electron chi connectivity index (χ1n) is 6.58. The molecular formula is C15H17N3O2. The predicted molar refractivity (Wildman–Crippen MR) is 76.6 cm³/mol. The van der Waals surface area contributed by atoms with E-state index in [1.54, 1.807) is 13.3 Å². The molecule has 104 valence electrons. The molecule has 0 fully saturated rings. The number of nitrogens with zero attached hydrogens (tertiary/aromatic N) is 2. The summed E-state index contributed by atoms with van der Waals surface area (Å²) in [5.41, 5.74) is 5.28. The molecule has 1 aromatic heterocycles. The monoisotopic (exact) mass is 271 g/mol. The number of methoxy groups -OCH3 is 1. The number of ether oxygens (including phenoxy) is 1. The summed E-state index contributed by atoms with van der Waals surface area (Å²) >= 11 is 0. The minimum Gasteiger partial charge on any atom is -0.380 e. The van der Waals surface area contributed by atoms with Crippen molar-refractivity contribution < 1.29 is 4.74 Å². The Balaban J connectivity index is 1.96. The highest BCUT2D eigenvalue weighted by molar-refractivity contribution is 5.55. The van der Waals surface area contributed by atoms with Crippen LogP contribution < -0.4 is 10.5 Å². The average molecular weight is 271 g/mol. The maximum Gasteiger partial charge on any atom is 0.269 e. The van der Waals surface area contributed by atoms with Crippen molar-refractivity contribution in [2.45, 2.75) is 26.6 Å². The summed E-state index contributed by atoms with van der Waals surface area (Å²) in [5, 5.41) is 6.37. The fraction of sp³-hybridized carbons (Fsp3) is 0.333. The number of nitrogens with one attached hydrogen (secondary N) is 1. The molecule has 0 saturated carbocycles. The molecule has 0 spiro atoms. The van der Waals surface area contributed by atoms with Crippen molar-refractivity contribution in [3.63, 3.8) is 0 Å². The standard InChI is InChI=1S/C15H17N3O2/c1-10-14(6-16-17-15(10)19)18-7-11-4-3-5-12(9-20-2)13(11)8-18/h3-6H,7-9H2,1-2H3,(H,17,19). The highest BCUT2D eigenvalue weighted by Gasteiger charge is 2.23. The van der Waals surface area contributed by atoms with Gasteiger partial charge in [0.05, 0.1) is 18.5 Å². The summed E-state index contributed by atoms with van der Waals surface area (Å²) in [4.78, 5) is 13.9. The second-order valence-corrected chi connectivity index (χ2v) is 5.05. The zero-order valence-electron chi connectivity index (χ0n) is 11.6. The van der Waals surface area contributed by atoms with E-state index in [-0.39, 0.29) is 5.56 Å². The van der Waals surface area contributed by atoms with Crippen molar-refractivity contribution in [3.05, 3.63) is 57.0 Å². The smallest absolute Gasteiger partial charge is 0.269 e. The van der Waals surface area contributed by atoms with Gasteiger partial charge in [-0.3, -0.25) is 4.79 Å². The van der Waals surface area contributed by atoms with Crippen molar-refractivity contribution >= 4 is 5.69 Å². The first-order chi connectivity index (χ1) is 9.70. The van der Waals surface area contributed by atoms with Crippen LogP contribution in [-0.2, 0) is 24.4 Å².